The number of anilines is 1. The highest BCUT2D eigenvalue weighted by Gasteiger charge is 2.30. The van der Waals surface area contributed by atoms with Gasteiger partial charge in [-0.05, 0) is 43.5 Å². The summed E-state index contributed by atoms with van der Waals surface area (Å²) in [4.78, 5) is 0. The third-order valence-electron chi connectivity index (χ3n) is 3.70. The summed E-state index contributed by atoms with van der Waals surface area (Å²) in [5.41, 5.74) is 4.39. The van der Waals surface area contributed by atoms with Gasteiger partial charge in [-0.1, -0.05) is 35.4 Å². The third kappa shape index (κ3) is 3.16. The van der Waals surface area contributed by atoms with E-state index in [0.29, 0.717) is 6.42 Å². The fourth-order valence-electron chi connectivity index (χ4n) is 2.86. The van der Waals surface area contributed by atoms with E-state index in [-0.39, 0.29) is 11.4 Å². The van der Waals surface area contributed by atoms with Crippen molar-refractivity contribution in [2.75, 3.05) is 4.31 Å². The van der Waals surface area contributed by atoms with Crippen molar-refractivity contribution >= 4 is 15.9 Å². The van der Waals surface area contributed by atoms with Crippen molar-refractivity contribution in [3.8, 4) is 5.75 Å². The minimum atomic E-state index is -3.91. The molecule has 3 rings (SSSR count). The molecular formula is C17H18N2O4S. The molecule has 0 unspecified atom stereocenters. The average Bonchev–Trinajstić information content (AvgIpc) is 2.70. The van der Waals surface area contributed by atoms with Crippen LogP contribution < -0.4 is 9.03 Å². The molecule has 0 spiro atoms. The molecule has 1 heterocycles. The van der Waals surface area contributed by atoms with Crippen molar-refractivity contribution in [2.24, 2.45) is 0 Å². The van der Waals surface area contributed by atoms with E-state index in [1.165, 1.54) is 23.3 Å². The molecule has 3 N–H and O–H groups in total. The van der Waals surface area contributed by atoms with Gasteiger partial charge in [-0.2, -0.15) is 8.42 Å². The summed E-state index contributed by atoms with van der Waals surface area (Å²) in [5.74, 6) is -0.665. The van der Waals surface area contributed by atoms with E-state index in [1.54, 1.807) is 6.07 Å². The molecule has 1 aliphatic heterocycles. The molecule has 0 aromatic heterocycles. The molecule has 0 saturated carbocycles. The smallest absolute Gasteiger partial charge is 0.330 e. The molecule has 0 radical (unpaired) electrons. The first-order valence-corrected chi connectivity index (χ1v) is 8.80. The Morgan fingerprint density at radius 3 is 2.21 bits per heavy atom. The van der Waals surface area contributed by atoms with Crippen LogP contribution in [0.2, 0.25) is 0 Å². The first kappa shape index (κ1) is 16.2. The highest BCUT2D eigenvalue weighted by Crippen LogP contribution is 2.33. The molecule has 1 aliphatic rings. The molecule has 0 saturated heterocycles. The zero-order valence-corrected chi connectivity index (χ0v) is 14.1. The molecule has 2 aromatic rings. The second kappa shape index (κ2) is 5.76. The van der Waals surface area contributed by atoms with E-state index in [4.69, 9.17) is 0 Å². The maximum Gasteiger partial charge on any atom is 0.330 e. The second-order valence-corrected chi connectivity index (χ2v) is 7.46. The molecule has 2 aromatic carbocycles. The minimum Gasteiger partial charge on any atom is -0.506 e. The number of aromatic hydroxyl groups is 1. The lowest BCUT2D eigenvalue weighted by Gasteiger charge is -2.16. The summed E-state index contributed by atoms with van der Waals surface area (Å²) < 4.78 is 26.5. The van der Waals surface area contributed by atoms with E-state index in [1.807, 2.05) is 18.6 Å². The van der Waals surface area contributed by atoms with Crippen LogP contribution in [0, 0.1) is 13.8 Å². The fraction of sp³-hybridized carbons (Fsp3) is 0.176. The molecule has 7 heteroatoms. The summed E-state index contributed by atoms with van der Waals surface area (Å²) in [6.45, 7) is 4.06. The van der Waals surface area contributed by atoms with Crippen LogP contribution in [0.15, 0.2) is 48.5 Å². The van der Waals surface area contributed by atoms with Crippen LogP contribution in [0.25, 0.3) is 0 Å². The van der Waals surface area contributed by atoms with Crippen molar-refractivity contribution in [2.45, 2.75) is 20.3 Å². The van der Waals surface area contributed by atoms with E-state index in [0.717, 1.165) is 21.6 Å². The number of nitrogens with one attached hydrogen (secondary N) is 1. The zero-order chi connectivity index (χ0) is 17.5. The lowest BCUT2D eigenvalue weighted by Crippen LogP contribution is -2.29. The number of rotatable bonds is 3. The van der Waals surface area contributed by atoms with Crippen molar-refractivity contribution in [3.63, 3.8) is 0 Å². The van der Waals surface area contributed by atoms with Gasteiger partial charge in [-0.25, -0.2) is 9.03 Å². The van der Waals surface area contributed by atoms with Crippen LogP contribution in [0.3, 0.4) is 0 Å². The van der Waals surface area contributed by atoms with Crippen LogP contribution in [0.1, 0.15) is 22.3 Å². The Morgan fingerprint density at radius 1 is 1.00 bits per heavy atom. The third-order valence-corrected chi connectivity index (χ3v) is 4.99. The van der Waals surface area contributed by atoms with Gasteiger partial charge in [0.1, 0.15) is 11.4 Å². The predicted molar refractivity (Wildman–Crippen MR) is 92.1 cm³/mol. The first-order chi connectivity index (χ1) is 11.2. The monoisotopic (exact) mass is 346 g/mol. The summed E-state index contributed by atoms with van der Waals surface area (Å²) in [6, 6.07) is 11.0. The number of nitrogens with zero attached hydrogens (tertiary/aromatic N) is 1. The predicted octanol–water partition coefficient (Wildman–Crippen LogP) is 2.61. The standard InChI is InChI=1S/C17H18N2O4S/c1-11-5-12(2)7-14(6-11)8-13-3-4-15(16(20)9-13)19-10-17(21)18-24(19,22)23/h3-7,9-10,18,20-21H,8H2,1-2H3. The van der Waals surface area contributed by atoms with Crippen LogP contribution in [-0.4, -0.2) is 18.6 Å². The van der Waals surface area contributed by atoms with E-state index in [9.17, 15) is 18.6 Å². The largest absolute Gasteiger partial charge is 0.506 e. The Hall–Kier alpha value is -2.67. The van der Waals surface area contributed by atoms with Crippen molar-refractivity contribution in [1.82, 2.24) is 4.72 Å². The Labute approximate surface area is 140 Å². The van der Waals surface area contributed by atoms with Gasteiger partial charge >= 0.3 is 10.2 Å². The van der Waals surface area contributed by atoms with Gasteiger partial charge in [0, 0.05) is 0 Å². The highest BCUT2D eigenvalue weighted by molar-refractivity contribution is 7.91. The number of hydrogen-bond donors (Lipinski definition) is 3. The maximum atomic E-state index is 11.9. The second-order valence-electron chi connectivity index (χ2n) is 5.91. The maximum absolute atomic E-state index is 11.9. The Morgan fingerprint density at radius 2 is 1.67 bits per heavy atom. The minimum absolute atomic E-state index is 0.0794. The topological polar surface area (TPSA) is 89.9 Å². The van der Waals surface area contributed by atoms with Crippen molar-refractivity contribution < 1.29 is 18.6 Å². The van der Waals surface area contributed by atoms with E-state index < -0.39 is 16.1 Å². The lowest BCUT2D eigenvalue weighted by atomic mass is 10.0. The number of aryl methyl sites for hydroxylation is 2. The number of benzene rings is 2. The zero-order valence-electron chi connectivity index (χ0n) is 13.3. The van der Waals surface area contributed by atoms with Crippen LogP contribution >= 0.6 is 0 Å². The van der Waals surface area contributed by atoms with Gasteiger partial charge in [0.15, 0.2) is 0 Å². The average molecular weight is 346 g/mol. The summed E-state index contributed by atoms with van der Waals surface area (Å²) in [5, 5.41) is 19.5. The summed E-state index contributed by atoms with van der Waals surface area (Å²) >= 11 is 0. The molecule has 0 bridgehead atoms. The summed E-state index contributed by atoms with van der Waals surface area (Å²) in [6.07, 6.45) is 1.64. The van der Waals surface area contributed by atoms with Gasteiger partial charge < -0.3 is 10.2 Å². The van der Waals surface area contributed by atoms with Gasteiger partial charge in [-0.3, -0.25) is 0 Å². The van der Waals surface area contributed by atoms with Crippen molar-refractivity contribution in [1.29, 1.82) is 0 Å². The van der Waals surface area contributed by atoms with Crippen LogP contribution in [0.4, 0.5) is 5.69 Å². The number of hydrogen-bond acceptors (Lipinski definition) is 4. The molecular weight excluding hydrogens is 328 g/mol. The number of aliphatic hydroxyl groups is 1. The molecule has 0 amide bonds. The number of phenols is 1. The van der Waals surface area contributed by atoms with Gasteiger partial charge in [0.05, 0.1) is 6.20 Å². The molecule has 24 heavy (non-hydrogen) atoms. The Balaban J connectivity index is 1.90. The molecule has 6 nitrogen and oxygen atoms in total. The van der Waals surface area contributed by atoms with E-state index in [2.05, 4.69) is 18.2 Å². The molecule has 0 aliphatic carbocycles. The number of aliphatic hydroxyl groups excluding tert-OH is 1. The van der Waals surface area contributed by atoms with Crippen molar-refractivity contribution in [3.05, 3.63) is 70.7 Å². The molecule has 0 atom stereocenters. The number of phenolic OH excluding ortho intramolecular Hbond substituents is 1. The molecule has 126 valence electrons. The van der Waals surface area contributed by atoms with E-state index >= 15 is 0 Å². The fourth-order valence-corrected chi connectivity index (χ4v) is 3.93. The SMILES string of the molecule is Cc1cc(C)cc(Cc2ccc(N3C=C(O)NS3(=O)=O)c(O)c2)c1. The first-order valence-electron chi connectivity index (χ1n) is 7.36. The van der Waals surface area contributed by atoms with Gasteiger partial charge in [0.25, 0.3) is 0 Å². The lowest BCUT2D eigenvalue weighted by molar-refractivity contribution is 0.392. The van der Waals surface area contributed by atoms with Gasteiger partial charge in [-0.15, -0.1) is 0 Å². The normalized spacial score (nSPS) is 15.9. The molecule has 0 fully saturated rings. The quantitative estimate of drug-likeness (QED) is 0.797. The summed E-state index contributed by atoms with van der Waals surface area (Å²) in [7, 11) is -3.91. The Kier molecular flexibility index (Phi) is 3.88. The highest BCUT2D eigenvalue weighted by atomic mass is 32.2. The Bertz CT molecular complexity index is 915. The van der Waals surface area contributed by atoms with Crippen LogP contribution in [0.5, 0.6) is 5.75 Å². The van der Waals surface area contributed by atoms with Crippen LogP contribution in [-0.2, 0) is 16.6 Å². The van der Waals surface area contributed by atoms with Gasteiger partial charge in [0.2, 0.25) is 5.88 Å².